The van der Waals surface area contributed by atoms with Crippen LogP contribution in [0.15, 0.2) is 52.9 Å². The second-order valence-corrected chi connectivity index (χ2v) is 6.53. The number of nitrogens with one attached hydrogen (secondary N) is 1. The lowest BCUT2D eigenvalue weighted by Gasteiger charge is -2.22. The second kappa shape index (κ2) is 7.62. The van der Waals surface area contributed by atoms with Gasteiger partial charge in [0.25, 0.3) is 0 Å². The van der Waals surface area contributed by atoms with Gasteiger partial charge in [-0.05, 0) is 50.7 Å². The monoisotopic (exact) mass is 352 g/mol. The summed E-state index contributed by atoms with van der Waals surface area (Å²) in [6.07, 6.45) is 0. The molecule has 0 aliphatic heterocycles. The van der Waals surface area contributed by atoms with Gasteiger partial charge in [-0.25, -0.2) is 0 Å². The number of hydrogen-bond acceptors (Lipinski definition) is 4. The van der Waals surface area contributed by atoms with Crippen LogP contribution in [-0.2, 0) is 4.79 Å². The van der Waals surface area contributed by atoms with Crippen molar-refractivity contribution in [1.29, 1.82) is 0 Å². The van der Waals surface area contributed by atoms with E-state index in [2.05, 4.69) is 5.32 Å². The maximum Gasteiger partial charge on any atom is 0.238 e. The molecule has 0 spiro atoms. The predicted octanol–water partition coefficient (Wildman–Crippen LogP) is 4.38. The Morgan fingerprint density at radius 1 is 1.23 bits per heavy atom. The zero-order valence-electron chi connectivity index (χ0n) is 15.6. The molecule has 5 nitrogen and oxygen atoms in total. The molecule has 5 heteroatoms. The standard InChI is InChI=1S/C21H24N2O3/c1-14-9-10-19(25-4)17(11-14)22-21(24)13-23(3)15(2)20-12-16-7-5-6-8-18(16)26-20/h5-12,15H,13H2,1-4H3,(H,22,24). The molecule has 3 rings (SSSR count). The number of amides is 1. The summed E-state index contributed by atoms with van der Waals surface area (Å²) >= 11 is 0. The Labute approximate surface area is 153 Å². The molecule has 3 aromatic rings. The van der Waals surface area contributed by atoms with Crippen molar-refractivity contribution in [1.82, 2.24) is 4.90 Å². The summed E-state index contributed by atoms with van der Waals surface area (Å²) in [6, 6.07) is 15.6. The van der Waals surface area contributed by atoms with Gasteiger partial charge in [-0.15, -0.1) is 0 Å². The molecule has 0 aliphatic rings. The second-order valence-electron chi connectivity index (χ2n) is 6.53. The zero-order chi connectivity index (χ0) is 18.7. The lowest BCUT2D eigenvalue weighted by atomic mass is 10.2. The average Bonchev–Trinajstić information content (AvgIpc) is 3.05. The van der Waals surface area contributed by atoms with Gasteiger partial charge in [-0.3, -0.25) is 9.69 Å². The van der Waals surface area contributed by atoms with Crippen LogP contribution in [0.2, 0.25) is 0 Å². The number of likely N-dealkylation sites (N-methyl/N-ethyl adjacent to an activating group) is 1. The molecular weight excluding hydrogens is 328 g/mol. The molecule has 1 amide bonds. The minimum atomic E-state index is -0.0978. The Morgan fingerprint density at radius 3 is 2.73 bits per heavy atom. The van der Waals surface area contributed by atoms with E-state index in [-0.39, 0.29) is 18.5 Å². The molecular formula is C21H24N2O3. The summed E-state index contributed by atoms with van der Waals surface area (Å²) in [7, 11) is 3.50. The van der Waals surface area contributed by atoms with Crippen molar-refractivity contribution in [2.45, 2.75) is 19.9 Å². The largest absolute Gasteiger partial charge is 0.495 e. The van der Waals surface area contributed by atoms with Crippen molar-refractivity contribution in [3.05, 3.63) is 59.9 Å². The number of fused-ring (bicyclic) bond motifs is 1. The van der Waals surface area contributed by atoms with Crippen molar-refractivity contribution in [2.24, 2.45) is 0 Å². The van der Waals surface area contributed by atoms with E-state index in [0.717, 1.165) is 22.3 Å². The highest BCUT2D eigenvalue weighted by Gasteiger charge is 2.19. The summed E-state index contributed by atoms with van der Waals surface area (Å²) in [5.74, 6) is 1.39. The number of nitrogens with zero attached hydrogens (tertiary/aromatic N) is 1. The van der Waals surface area contributed by atoms with Crippen LogP contribution in [0.5, 0.6) is 5.75 Å². The van der Waals surface area contributed by atoms with E-state index in [9.17, 15) is 4.79 Å². The number of anilines is 1. The van der Waals surface area contributed by atoms with Crippen LogP contribution in [0.25, 0.3) is 11.0 Å². The fraction of sp³-hybridized carbons (Fsp3) is 0.286. The number of carbonyl (C=O) groups excluding carboxylic acids is 1. The van der Waals surface area contributed by atoms with Crippen molar-refractivity contribution >= 4 is 22.6 Å². The number of hydrogen-bond donors (Lipinski definition) is 1. The van der Waals surface area contributed by atoms with E-state index in [1.54, 1.807) is 7.11 Å². The summed E-state index contributed by atoms with van der Waals surface area (Å²) in [6.45, 7) is 4.25. The van der Waals surface area contributed by atoms with E-state index in [4.69, 9.17) is 9.15 Å². The first kappa shape index (κ1) is 18.0. The smallest absolute Gasteiger partial charge is 0.238 e. The summed E-state index contributed by atoms with van der Waals surface area (Å²) in [5.41, 5.74) is 2.60. The number of para-hydroxylation sites is 1. The average molecular weight is 352 g/mol. The van der Waals surface area contributed by atoms with Gasteiger partial charge >= 0.3 is 0 Å². The number of methoxy groups -OCH3 is 1. The molecule has 0 fully saturated rings. The molecule has 0 radical (unpaired) electrons. The van der Waals surface area contributed by atoms with E-state index in [1.807, 2.05) is 74.3 Å². The minimum absolute atomic E-state index is 0.0208. The number of furan rings is 1. The van der Waals surface area contributed by atoms with Crippen LogP contribution in [0, 0.1) is 6.92 Å². The fourth-order valence-electron chi connectivity index (χ4n) is 2.90. The third-order valence-electron chi connectivity index (χ3n) is 4.54. The Balaban J connectivity index is 1.68. The highest BCUT2D eigenvalue weighted by molar-refractivity contribution is 5.93. The SMILES string of the molecule is COc1ccc(C)cc1NC(=O)CN(C)C(C)c1cc2ccccc2o1. The molecule has 1 aromatic heterocycles. The summed E-state index contributed by atoms with van der Waals surface area (Å²) in [5, 5.41) is 4.00. The lowest BCUT2D eigenvalue weighted by Crippen LogP contribution is -2.32. The number of ether oxygens (including phenoxy) is 1. The summed E-state index contributed by atoms with van der Waals surface area (Å²) < 4.78 is 11.2. The molecule has 0 saturated carbocycles. The van der Waals surface area contributed by atoms with Gasteiger partial charge in [-0.2, -0.15) is 0 Å². The van der Waals surface area contributed by atoms with E-state index in [0.29, 0.717) is 11.4 Å². The van der Waals surface area contributed by atoms with E-state index in [1.165, 1.54) is 0 Å². The molecule has 0 bridgehead atoms. The number of benzene rings is 2. The topological polar surface area (TPSA) is 54.7 Å². The highest BCUT2D eigenvalue weighted by Crippen LogP contribution is 2.27. The van der Waals surface area contributed by atoms with Gasteiger partial charge in [0.15, 0.2) is 0 Å². The van der Waals surface area contributed by atoms with Gasteiger partial charge in [0.05, 0.1) is 25.4 Å². The minimum Gasteiger partial charge on any atom is -0.495 e. The molecule has 26 heavy (non-hydrogen) atoms. The lowest BCUT2D eigenvalue weighted by molar-refractivity contribution is -0.117. The first-order valence-corrected chi connectivity index (χ1v) is 8.61. The number of carbonyl (C=O) groups is 1. The third-order valence-corrected chi connectivity index (χ3v) is 4.54. The maximum atomic E-state index is 12.5. The third kappa shape index (κ3) is 3.89. The predicted molar refractivity (Wildman–Crippen MR) is 104 cm³/mol. The Hall–Kier alpha value is -2.79. The Bertz CT molecular complexity index is 884. The van der Waals surface area contributed by atoms with Crippen molar-refractivity contribution in [3.63, 3.8) is 0 Å². The van der Waals surface area contributed by atoms with Crippen LogP contribution in [0.1, 0.15) is 24.3 Å². The molecule has 0 saturated heterocycles. The van der Waals surface area contributed by atoms with E-state index < -0.39 is 0 Å². The van der Waals surface area contributed by atoms with Gasteiger partial charge in [0.2, 0.25) is 5.91 Å². The van der Waals surface area contributed by atoms with E-state index >= 15 is 0 Å². The van der Waals surface area contributed by atoms with Crippen molar-refractivity contribution < 1.29 is 13.9 Å². The molecule has 1 atom stereocenters. The molecule has 136 valence electrons. The van der Waals surface area contributed by atoms with Gasteiger partial charge in [0, 0.05) is 5.39 Å². The van der Waals surface area contributed by atoms with Crippen LogP contribution < -0.4 is 10.1 Å². The van der Waals surface area contributed by atoms with Crippen LogP contribution >= 0.6 is 0 Å². The normalized spacial score (nSPS) is 12.3. The number of aryl methyl sites for hydroxylation is 1. The van der Waals surface area contributed by atoms with Crippen molar-refractivity contribution in [3.8, 4) is 5.75 Å². The zero-order valence-corrected chi connectivity index (χ0v) is 15.6. The fourth-order valence-corrected chi connectivity index (χ4v) is 2.90. The van der Waals surface area contributed by atoms with Crippen LogP contribution in [-0.4, -0.2) is 31.5 Å². The highest BCUT2D eigenvalue weighted by atomic mass is 16.5. The first-order valence-electron chi connectivity index (χ1n) is 8.61. The van der Waals surface area contributed by atoms with Crippen LogP contribution in [0.3, 0.4) is 0 Å². The first-order chi connectivity index (χ1) is 12.5. The van der Waals surface area contributed by atoms with Gasteiger partial charge < -0.3 is 14.5 Å². The number of rotatable bonds is 6. The Morgan fingerprint density at radius 2 is 2.00 bits per heavy atom. The quantitative estimate of drug-likeness (QED) is 0.715. The van der Waals surface area contributed by atoms with Gasteiger partial charge in [-0.1, -0.05) is 24.3 Å². The Kier molecular flexibility index (Phi) is 5.28. The molecule has 0 aliphatic carbocycles. The van der Waals surface area contributed by atoms with Gasteiger partial charge in [0.1, 0.15) is 17.1 Å². The maximum absolute atomic E-state index is 12.5. The molecule has 1 N–H and O–H groups in total. The molecule has 1 unspecified atom stereocenters. The van der Waals surface area contributed by atoms with Crippen LogP contribution in [0.4, 0.5) is 5.69 Å². The molecule has 1 heterocycles. The molecule has 2 aromatic carbocycles. The summed E-state index contributed by atoms with van der Waals surface area (Å²) in [4.78, 5) is 14.4. The van der Waals surface area contributed by atoms with Crippen molar-refractivity contribution in [2.75, 3.05) is 26.0 Å².